The maximum absolute atomic E-state index is 10.5. The van der Waals surface area contributed by atoms with Crippen LogP contribution < -0.4 is 0 Å². The standard InChI is InChI=1S/C25H24N2S/c1-20-12-14-24(15-13-20)28-27-17-16-23(18-27)25(19-26,21-8-4-2-5-9-21)22-10-6-3-7-11-22/h2-15,23H,16-18H2,1H3/t23-/m1/s1. The van der Waals surface area contributed by atoms with Crippen molar-refractivity contribution in [3.05, 3.63) is 102 Å². The monoisotopic (exact) mass is 384 g/mol. The first kappa shape index (κ1) is 18.8. The van der Waals surface area contributed by atoms with Gasteiger partial charge in [0.15, 0.2) is 0 Å². The molecule has 0 N–H and O–H groups in total. The third-order valence-electron chi connectivity index (χ3n) is 5.65. The molecule has 1 fully saturated rings. The molecular weight excluding hydrogens is 360 g/mol. The van der Waals surface area contributed by atoms with Crippen molar-refractivity contribution in [2.45, 2.75) is 23.7 Å². The average Bonchev–Trinajstić information content (AvgIpc) is 3.21. The average molecular weight is 385 g/mol. The predicted octanol–water partition coefficient (Wildman–Crippen LogP) is 5.83. The molecule has 140 valence electrons. The molecular formula is C25H24N2S. The maximum Gasteiger partial charge on any atom is 0.111 e. The molecule has 2 nitrogen and oxygen atoms in total. The van der Waals surface area contributed by atoms with Crippen LogP contribution in [0.15, 0.2) is 89.8 Å². The van der Waals surface area contributed by atoms with Gasteiger partial charge in [0.25, 0.3) is 0 Å². The normalized spacial score (nSPS) is 17.4. The summed E-state index contributed by atoms with van der Waals surface area (Å²) < 4.78 is 2.41. The lowest BCUT2D eigenvalue weighted by Crippen LogP contribution is -2.36. The van der Waals surface area contributed by atoms with Gasteiger partial charge in [-0.1, -0.05) is 78.4 Å². The van der Waals surface area contributed by atoms with E-state index in [2.05, 4.69) is 65.8 Å². The Kier molecular flexibility index (Phi) is 5.52. The Morgan fingerprint density at radius 2 is 1.46 bits per heavy atom. The first-order valence-corrected chi connectivity index (χ1v) is 10.5. The highest BCUT2D eigenvalue weighted by atomic mass is 32.2. The van der Waals surface area contributed by atoms with Gasteiger partial charge in [0.05, 0.1) is 6.07 Å². The summed E-state index contributed by atoms with van der Waals surface area (Å²) in [5.74, 6) is 0.250. The molecule has 0 radical (unpaired) electrons. The van der Waals surface area contributed by atoms with E-state index in [1.54, 1.807) is 11.9 Å². The van der Waals surface area contributed by atoms with Crippen molar-refractivity contribution in [3.8, 4) is 6.07 Å². The quantitative estimate of drug-likeness (QED) is 0.518. The van der Waals surface area contributed by atoms with Gasteiger partial charge in [-0.25, -0.2) is 4.31 Å². The van der Waals surface area contributed by atoms with Gasteiger partial charge in [0, 0.05) is 23.9 Å². The second-order valence-electron chi connectivity index (χ2n) is 7.43. The molecule has 3 heteroatoms. The molecule has 0 unspecified atom stereocenters. The van der Waals surface area contributed by atoms with Crippen molar-refractivity contribution >= 4 is 11.9 Å². The Bertz CT molecular complexity index is 906. The van der Waals surface area contributed by atoms with E-state index in [1.165, 1.54) is 10.5 Å². The van der Waals surface area contributed by atoms with Gasteiger partial charge in [-0.3, -0.25) is 0 Å². The molecule has 1 aliphatic heterocycles. The Hall–Kier alpha value is -2.54. The Morgan fingerprint density at radius 3 is 2.00 bits per heavy atom. The smallest absolute Gasteiger partial charge is 0.111 e. The van der Waals surface area contributed by atoms with E-state index in [9.17, 15) is 5.26 Å². The van der Waals surface area contributed by atoms with Crippen LogP contribution in [0, 0.1) is 24.2 Å². The van der Waals surface area contributed by atoms with E-state index in [-0.39, 0.29) is 5.92 Å². The SMILES string of the molecule is Cc1ccc(SN2CC[C@@H](C(C#N)(c3ccccc3)c3ccccc3)C2)cc1. The van der Waals surface area contributed by atoms with Crippen LogP contribution in [0.4, 0.5) is 0 Å². The zero-order chi connectivity index (χ0) is 19.4. The van der Waals surface area contributed by atoms with Crippen molar-refractivity contribution < 1.29 is 0 Å². The van der Waals surface area contributed by atoms with E-state index in [0.717, 1.165) is 30.6 Å². The summed E-state index contributed by atoms with van der Waals surface area (Å²) in [5, 5.41) is 10.5. The van der Waals surface area contributed by atoms with Crippen molar-refractivity contribution in [1.29, 1.82) is 5.26 Å². The molecule has 3 aromatic rings. The van der Waals surface area contributed by atoms with Crippen LogP contribution in [0.1, 0.15) is 23.1 Å². The number of rotatable bonds is 5. The number of hydrogen-bond acceptors (Lipinski definition) is 3. The van der Waals surface area contributed by atoms with Crippen LogP contribution in [0.3, 0.4) is 0 Å². The molecule has 3 aromatic carbocycles. The van der Waals surface area contributed by atoms with Crippen molar-refractivity contribution in [3.63, 3.8) is 0 Å². The molecule has 4 rings (SSSR count). The van der Waals surface area contributed by atoms with Gasteiger partial charge in [-0.15, -0.1) is 0 Å². The van der Waals surface area contributed by atoms with Gasteiger partial charge in [-0.05, 0) is 48.6 Å². The fourth-order valence-electron chi connectivity index (χ4n) is 4.17. The minimum Gasteiger partial charge on any atom is -0.246 e. The minimum atomic E-state index is -0.620. The molecule has 0 saturated carbocycles. The lowest BCUT2D eigenvalue weighted by atomic mass is 9.66. The van der Waals surface area contributed by atoms with Crippen LogP contribution in [0.25, 0.3) is 0 Å². The summed E-state index contributed by atoms with van der Waals surface area (Å²) in [6.07, 6.45) is 1.01. The minimum absolute atomic E-state index is 0.250. The Morgan fingerprint density at radius 1 is 0.893 bits per heavy atom. The lowest BCUT2D eigenvalue weighted by molar-refractivity contribution is 0.406. The first-order valence-electron chi connectivity index (χ1n) is 9.74. The molecule has 0 aromatic heterocycles. The van der Waals surface area contributed by atoms with Crippen LogP contribution in [0.5, 0.6) is 0 Å². The number of hydrogen-bond donors (Lipinski definition) is 0. The summed E-state index contributed by atoms with van der Waals surface area (Å²) in [7, 11) is 0. The second kappa shape index (κ2) is 8.22. The van der Waals surface area contributed by atoms with Crippen molar-refractivity contribution in [1.82, 2.24) is 4.31 Å². The predicted molar refractivity (Wildman–Crippen MR) is 116 cm³/mol. The van der Waals surface area contributed by atoms with Crippen molar-refractivity contribution in [2.24, 2.45) is 5.92 Å². The lowest BCUT2D eigenvalue weighted by Gasteiger charge is -2.34. The third-order valence-corrected chi connectivity index (χ3v) is 6.73. The zero-order valence-corrected chi connectivity index (χ0v) is 16.9. The molecule has 0 bridgehead atoms. The summed E-state index contributed by atoms with van der Waals surface area (Å²) in [6.45, 7) is 4.00. The highest BCUT2D eigenvalue weighted by molar-refractivity contribution is 7.97. The summed E-state index contributed by atoms with van der Waals surface area (Å²) >= 11 is 1.80. The molecule has 28 heavy (non-hydrogen) atoms. The summed E-state index contributed by atoms with van der Waals surface area (Å²) in [4.78, 5) is 1.26. The van der Waals surface area contributed by atoms with Crippen LogP contribution in [-0.2, 0) is 5.41 Å². The van der Waals surface area contributed by atoms with E-state index in [4.69, 9.17) is 0 Å². The number of nitrogens with zero attached hydrogens (tertiary/aromatic N) is 2. The zero-order valence-electron chi connectivity index (χ0n) is 16.1. The molecule has 1 aliphatic rings. The molecule has 1 atom stereocenters. The first-order chi connectivity index (χ1) is 13.7. The van der Waals surface area contributed by atoms with Gasteiger partial charge < -0.3 is 0 Å². The van der Waals surface area contributed by atoms with Gasteiger partial charge in [-0.2, -0.15) is 5.26 Å². The summed E-state index contributed by atoms with van der Waals surface area (Å²) in [5.41, 5.74) is 2.84. The van der Waals surface area contributed by atoms with Gasteiger partial charge in [0.2, 0.25) is 0 Å². The fraction of sp³-hybridized carbons (Fsp3) is 0.240. The Balaban J connectivity index is 1.65. The van der Waals surface area contributed by atoms with Crippen molar-refractivity contribution in [2.75, 3.05) is 13.1 Å². The largest absolute Gasteiger partial charge is 0.246 e. The molecule has 0 amide bonds. The van der Waals surface area contributed by atoms with Crippen LogP contribution in [0.2, 0.25) is 0 Å². The molecule has 0 aliphatic carbocycles. The molecule has 0 spiro atoms. The van der Waals surface area contributed by atoms with Crippen LogP contribution in [-0.4, -0.2) is 17.4 Å². The number of nitriles is 1. The highest BCUT2D eigenvalue weighted by Gasteiger charge is 2.45. The van der Waals surface area contributed by atoms with E-state index in [0.29, 0.717) is 0 Å². The Labute approximate surface area is 172 Å². The topological polar surface area (TPSA) is 27.0 Å². The highest BCUT2D eigenvalue weighted by Crippen LogP contribution is 2.45. The van der Waals surface area contributed by atoms with E-state index in [1.807, 2.05) is 36.4 Å². The second-order valence-corrected chi connectivity index (χ2v) is 8.60. The van der Waals surface area contributed by atoms with E-state index < -0.39 is 5.41 Å². The summed E-state index contributed by atoms with van der Waals surface area (Å²) in [6, 6.07) is 32.0. The maximum atomic E-state index is 10.5. The van der Waals surface area contributed by atoms with Crippen LogP contribution >= 0.6 is 11.9 Å². The van der Waals surface area contributed by atoms with Gasteiger partial charge >= 0.3 is 0 Å². The van der Waals surface area contributed by atoms with Gasteiger partial charge in [0.1, 0.15) is 5.41 Å². The number of benzene rings is 3. The molecule has 1 saturated heterocycles. The molecule has 1 heterocycles. The van der Waals surface area contributed by atoms with E-state index >= 15 is 0 Å². The fourth-order valence-corrected chi connectivity index (χ4v) is 5.18. The third kappa shape index (κ3) is 3.58. The number of aryl methyl sites for hydroxylation is 1.